The van der Waals surface area contributed by atoms with Gasteiger partial charge in [-0.3, -0.25) is 0 Å². The molecule has 0 radical (unpaired) electrons. The second-order valence-corrected chi connectivity index (χ2v) is 5.21. The van der Waals surface area contributed by atoms with Crippen LogP contribution in [0.2, 0.25) is 0 Å². The number of hydrogen-bond acceptors (Lipinski definition) is 4. The zero-order valence-corrected chi connectivity index (χ0v) is 11.4. The molecule has 104 valence electrons. The Morgan fingerprint density at radius 2 is 2.42 bits per heavy atom. The smallest absolute Gasteiger partial charge is 0.331 e. The summed E-state index contributed by atoms with van der Waals surface area (Å²) in [6.07, 6.45) is 0.703. The number of carbonyl (C=O) groups is 2. The van der Waals surface area contributed by atoms with E-state index in [4.69, 9.17) is 4.74 Å². The molecule has 19 heavy (non-hydrogen) atoms. The number of nitrogens with zero attached hydrogens (tertiary/aromatic N) is 1. The van der Waals surface area contributed by atoms with Crippen molar-refractivity contribution in [1.82, 2.24) is 10.2 Å². The Bertz CT molecular complexity index is 474. The van der Waals surface area contributed by atoms with Crippen molar-refractivity contribution in [2.75, 3.05) is 26.8 Å². The molecule has 2 N–H and O–H groups in total. The van der Waals surface area contributed by atoms with Crippen LogP contribution in [0.5, 0.6) is 0 Å². The molecule has 0 saturated carbocycles. The first-order valence-electron chi connectivity index (χ1n) is 5.97. The fraction of sp³-hybridized carbons (Fsp3) is 0.500. The van der Waals surface area contributed by atoms with Crippen LogP contribution in [0.1, 0.15) is 16.5 Å². The fourth-order valence-corrected chi connectivity index (χ4v) is 3.07. The van der Waals surface area contributed by atoms with Gasteiger partial charge >= 0.3 is 12.0 Å². The van der Waals surface area contributed by atoms with Crippen LogP contribution < -0.4 is 5.32 Å². The van der Waals surface area contributed by atoms with Gasteiger partial charge in [-0.25, -0.2) is 9.59 Å². The maximum atomic E-state index is 12.0. The van der Waals surface area contributed by atoms with Gasteiger partial charge in [-0.2, -0.15) is 0 Å². The van der Waals surface area contributed by atoms with E-state index in [0.717, 1.165) is 10.4 Å². The van der Waals surface area contributed by atoms with Crippen LogP contribution in [0.3, 0.4) is 0 Å². The number of nitrogens with one attached hydrogen (secondary N) is 1. The number of rotatable bonds is 4. The summed E-state index contributed by atoms with van der Waals surface area (Å²) >= 11 is 1.54. The van der Waals surface area contributed by atoms with Crippen molar-refractivity contribution in [2.45, 2.75) is 12.5 Å². The molecule has 1 aliphatic rings. The zero-order valence-electron chi connectivity index (χ0n) is 10.6. The number of carboxylic acids is 1. The molecule has 2 rings (SSSR count). The number of hydrogen-bond donors (Lipinski definition) is 2. The molecule has 6 nitrogen and oxygen atoms in total. The monoisotopic (exact) mass is 284 g/mol. The number of urea groups is 1. The molecule has 7 heteroatoms. The first-order valence-corrected chi connectivity index (χ1v) is 6.85. The van der Waals surface area contributed by atoms with E-state index in [1.165, 1.54) is 4.90 Å². The molecule has 0 aromatic carbocycles. The third-order valence-corrected chi connectivity index (χ3v) is 4.04. The Balaban J connectivity index is 2.12. The van der Waals surface area contributed by atoms with Gasteiger partial charge in [0, 0.05) is 25.1 Å². The Hall–Kier alpha value is -1.60. The lowest BCUT2D eigenvalue weighted by Crippen LogP contribution is -2.48. The van der Waals surface area contributed by atoms with Crippen LogP contribution >= 0.6 is 11.3 Å². The van der Waals surface area contributed by atoms with Gasteiger partial charge in [-0.15, -0.1) is 11.3 Å². The van der Waals surface area contributed by atoms with Crippen molar-refractivity contribution in [3.63, 3.8) is 0 Å². The van der Waals surface area contributed by atoms with Crippen LogP contribution in [0.15, 0.2) is 11.4 Å². The molecule has 1 atom stereocenters. The van der Waals surface area contributed by atoms with E-state index in [0.29, 0.717) is 26.1 Å². The first kappa shape index (κ1) is 13.8. The van der Waals surface area contributed by atoms with Crippen molar-refractivity contribution in [2.24, 2.45) is 0 Å². The Morgan fingerprint density at radius 3 is 3.11 bits per heavy atom. The predicted molar refractivity (Wildman–Crippen MR) is 70.4 cm³/mol. The number of carboxylic acid groups (broad SMARTS) is 1. The van der Waals surface area contributed by atoms with Gasteiger partial charge in [0.25, 0.3) is 0 Å². The van der Waals surface area contributed by atoms with Crippen LogP contribution in [-0.2, 0) is 16.0 Å². The summed E-state index contributed by atoms with van der Waals surface area (Å²) in [6, 6.07) is 0.534. The van der Waals surface area contributed by atoms with E-state index in [1.54, 1.807) is 24.5 Å². The second kappa shape index (κ2) is 6.03. The van der Waals surface area contributed by atoms with E-state index in [9.17, 15) is 14.7 Å². The highest BCUT2D eigenvalue weighted by Gasteiger charge is 2.36. The molecule has 0 spiro atoms. The number of ether oxygens (including phenoxy) is 1. The normalized spacial score (nSPS) is 17.9. The zero-order chi connectivity index (χ0) is 13.8. The third-order valence-electron chi connectivity index (χ3n) is 3.04. The van der Waals surface area contributed by atoms with Gasteiger partial charge in [0.1, 0.15) is 0 Å². The Morgan fingerprint density at radius 1 is 1.63 bits per heavy atom. The maximum absolute atomic E-state index is 12.0. The molecule has 1 aromatic heterocycles. The minimum Gasteiger partial charge on any atom is -0.479 e. The summed E-state index contributed by atoms with van der Waals surface area (Å²) in [7, 11) is 1.55. The summed E-state index contributed by atoms with van der Waals surface area (Å²) < 4.78 is 4.85. The molecule has 0 saturated heterocycles. The number of thiophene rings is 1. The maximum Gasteiger partial charge on any atom is 0.331 e. The first-order chi connectivity index (χ1) is 9.15. The third kappa shape index (κ3) is 2.87. The van der Waals surface area contributed by atoms with Gasteiger partial charge in [0.05, 0.1) is 6.61 Å². The van der Waals surface area contributed by atoms with Gasteiger partial charge in [0.2, 0.25) is 0 Å². The number of carbonyl (C=O) groups excluding carboxylic acids is 1. The van der Waals surface area contributed by atoms with E-state index >= 15 is 0 Å². The summed E-state index contributed by atoms with van der Waals surface area (Å²) in [5.74, 6) is -0.999. The highest BCUT2D eigenvalue weighted by molar-refractivity contribution is 7.10. The van der Waals surface area contributed by atoms with E-state index in [2.05, 4.69) is 5.32 Å². The average Bonchev–Trinajstić information content (AvgIpc) is 2.85. The fourth-order valence-electron chi connectivity index (χ4n) is 2.16. The number of aliphatic carboxylic acids is 1. The molecule has 1 aromatic rings. The molecule has 2 amide bonds. The molecule has 0 fully saturated rings. The Kier molecular flexibility index (Phi) is 4.39. The molecule has 2 heterocycles. The van der Waals surface area contributed by atoms with Crippen LogP contribution in [0.4, 0.5) is 4.79 Å². The predicted octanol–water partition coefficient (Wildman–Crippen LogP) is 1.09. The summed E-state index contributed by atoms with van der Waals surface area (Å²) in [5, 5.41) is 13.9. The van der Waals surface area contributed by atoms with Crippen molar-refractivity contribution >= 4 is 23.3 Å². The summed E-state index contributed by atoms with van der Waals surface area (Å²) in [4.78, 5) is 25.9. The van der Waals surface area contributed by atoms with E-state index in [1.807, 2.05) is 5.38 Å². The van der Waals surface area contributed by atoms with Gasteiger partial charge in [-0.1, -0.05) is 0 Å². The molecular formula is C12H16N2O4S. The van der Waals surface area contributed by atoms with Crippen LogP contribution in [0, 0.1) is 0 Å². The largest absolute Gasteiger partial charge is 0.479 e. The SMILES string of the molecule is COCCNC(=O)N1CCc2sccc2C1C(=O)O. The molecule has 1 unspecified atom stereocenters. The highest BCUT2D eigenvalue weighted by atomic mass is 32.1. The summed E-state index contributed by atoms with van der Waals surface area (Å²) in [6.45, 7) is 1.19. The van der Waals surface area contributed by atoms with Crippen molar-refractivity contribution < 1.29 is 19.4 Å². The summed E-state index contributed by atoms with van der Waals surface area (Å²) in [5.41, 5.74) is 0.727. The minimum atomic E-state index is -0.999. The quantitative estimate of drug-likeness (QED) is 0.811. The van der Waals surface area contributed by atoms with Crippen molar-refractivity contribution in [1.29, 1.82) is 0 Å². The van der Waals surface area contributed by atoms with Gasteiger partial charge < -0.3 is 20.1 Å². The topological polar surface area (TPSA) is 78.9 Å². The van der Waals surface area contributed by atoms with Crippen LogP contribution in [-0.4, -0.2) is 48.8 Å². The molecule has 0 aliphatic carbocycles. The van der Waals surface area contributed by atoms with E-state index < -0.39 is 12.0 Å². The molecule has 1 aliphatic heterocycles. The van der Waals surface area contributed by atoms with Gasteiger partial charge in [-0.05, 0) is 23.4 Å². The van der Waals surface area contributed by atoms with Crippen LogP contribution in [0.25, 0.3) is 0 Å². The standard InChI is InChI=1S/C12H16N2O4S/c1-18-6-4-13-12(17)14-5-2-9-8(3-7-19-9)10(14)11(15)16/h3,7,10H,2,4-6H2,1H3,(H,13,17)(H,15,16). The minimum absolute atomic E-state index is 0.360. The molecular weight excluding hydrogens is 268 g/mol. The highest BCUT2D eigenvalue weighted by Crippen LogP contribution is 2.33. The van der Waals surface area contributed by atoms with Gasteiger partial charge in [0.15, 0.2) is 6.04 Å². The van der Waals surface area contributed by atoms with Crippen molar-refractivity contribution in [3.05, 3.63) is 21.9 Å². The van der Waals surface area contributed by atoms with E-state index in [-0.39, 0.29) is 6.03 Å². The lowest BCUT2D eigenvalue weighted by atomic mass is 10.0. The lowest BCUT2D eigenvalue weighted by Gasteiger charge is -2.33. The Labute approximate surface area is 115 Å². The second-order valence-electron chi connectivity index (χ2n) is 4.21. The molecule has 0 bridgehead atoms. The number of amides is 2. The number of methoxy groups -OCH3 is 1. The number of fused-ring (bicyclic) bond motifs is 1. The average molecular weight is 284 g/mol. The lowest BCUT2D eigenvalue weighted by molar-refractivity contribution is -0.142. The van der Waals surface area contributed by atoms with Crippen molar-refractivity contribution in [3.8, 4) is 0 Å².